The number of aryl methyl sites for hydroxylation is 2. The van der Waals surface area contributed by atoms with Crippen LogP contribution in [0.4, 0.5) is 0 Å². The number of nitrogens with one attached hydrogen (secondary N) is 1. The zero-order chi connectivity index (χ0) is 18.5. The van der Waals surface area contributed by atoms with Crippen LogP contribution in [0.25, 0.3) is 0 Å². The summed E-state index contributed by atoms with van der Waals surface area (Å²) in [5.74, 6) is 2.35. The Morgan fingerprint density at radius 1 is 1.19 bits per heavy atom. The lowest BCUT2D eigenvalue weighted by Crippen LogP contribution is -2.24. The zero-order valence-electron chi connectivity index (χ0n) is 15.8. The lowest BCUT2D eigenvalue weighted by Gasteiger charge is -2.11. The summed E-state index contributed by atoms with van der Waals surface area (Å²) in [5.41, 5.74) is 3.57. The van der Waals surface area contributed by atoms with Crippen molar-refractivity contribution >= 4 is 5.91 Å². The minimum absolute atomic E-state index is 0.0285. The molecular formula is C20H27N3O3. The Morgan fingerprint density at radius 2 is 1.96 bits per heavy atom. The molecule has 0 atom stereocenters. The van der Waals surface area contributed by atoms with Crippen molar-refractivity contribution in [1.82, 2.24) is 14.9 Å². The monoisotopic (exact) mass is 357 g/mol. The molecule has 0 spiro atoms. The van der Waals surface area contributed by atoms with Crippen molar-refractivity contribution in [2.75, 3.05) is 14.2 Å². The van der Waals surface area contributed by atoms with E-state index < -0.39 is 0 Å². The van der Waals surface area contributed by atoms with Crippen molar-refractivity contribution in [2.45, 2.75) is 45.1 Å². The lowest BCUT2D eigenvalue weighted by atomic mass is 10.0. The van der Waals surface area contributed by atoms with E-state index >= 15 is 0 Å². The second kappa shape index (κ2) is 8.25. The van der Waals surface area contributed by atoms with E-state index in [4.69, 9.17) is 14.5 Å². The van der Waals surface area contributed by atoms with Crippen LogP contribution in [0.3, 0.4) is 0 Å². The molecule has 1 aromatic heterocycles. The van der Waals surface area contributed by atoms with Crippen LogP contribution in [0.2, 0.25) is 0 Å². The van der Waals surface area contributed by atoms with E-state index in [-0.39, 0.29) is 5.91 Å². The molecule has 6 heteroatoms. The highest BCUT2D eigenvalue weighted by molar-refractivity contribution is 5.76. The molecule has 140 valence electrons. The normalized spacial score (nSPS) is 13.2. The highest BCUT2D eigenvalue weighted by atomic mass is 16.5. The fraction of sp³-hybridized carbons (Fsp3) is 0.500. The number of rotatable bonds is 7. The topological polar surface area (TPSA) is 65.4 Å². The first-order valence-corrected chi connectivity index (χ1v) is 9.13. The van der Waals surface area contributed by atoms with Crippen molar-refractivity contribution in [3.63, 3.8) is 0 Å². The van der Waals surface area contributed by atoms with Crippen LogP contribution in [0.5, 0.6) is 11.5 Å². The van der Waals surface area contributed by atoms with E-state index in [1.54, 1.807) is 14.2 Å². The first-order chi connectivity index (χ1) is 12.6. The number of hydrogen-bond donors (Lipinski definition) is 1. The van der Waals surface area contributed by atoms with Gasteiger partial charge in [-0.3, -0.25) is 4.79 Å². The molecule has 3 rings (SSSR count). The Morgan fingerprint density at radius 3 is 2.69 bits per heavy atom. The number of imidazole rings is 1. The summed E-state index contributed by atoms with van der Waals surface area (Å²) < 4.78 is 12.7. The van der Waals surface area contributed by atoms with Gasteiger partial charge in [0.2, 0.25) is 5.91 Å². The van der Waals surface area contributed by atoms with Crippen LogP contribution >= 0.6 is 0 Å². The number of nitrogens with zero attached hydrogens (tertiary/aromatic N) is 2. The number of hydrogen-bond acceptors (Lipinski definition) is 4. The summed E-state index contributed by atoms with van der Waals surface area (Å²) in [5, 5.41) is 2.99. The van der Waals surface area contributed by atoms with Crippen LogP contribution in [0.15, 0.2) is 18.2 Å². The molecule has 1 N–H and O–H groups in total. The minimum Gasteiger partial charge on any atom is -0.493 e. The predicted octanol–water partition coefficient (Wildman–Crippen LogP) is 2.57. The van der Waals surface area contributed by atoms with Crippen LogP contribution in [-0.4, -0.2) is 29.7 Å². The first kappa shape index (κ1) is 18.3. The molecule has 0 radical (unpaired) electrons. The third-order valence-electron chi connectivity index (χ3n) is 5.00. The van der Waals surface area contributed by atoms with Gasteiger partial charge in [0.15, 0.2) is 11.5 Å². The van der Waals surface area contributed by atoms with Crippen molar-refractivity contribution in [2.24, 2.45) is 7.05 Å². The molecule has 1 amide bonds. The van der Waals surface area contributed by atoms with Crippen molar-refractivity contribution < 1.29 is 14.3 Å². The number of ether oxygens (including phenoxy) is 2. The SMILES string of the molecule is COc1ccc(CCC(=O)NCc2nc3c(n2C)CCCC3)cc1OC. The fourth-order valence-corrected chi connectivity index (χ4v) is 3.46. The Bertz CT molecular complexity index is 783. The molecule has 0 unspecified atom stereocenters. The summed E-state index contributed by atoms with van der Waals surface area (Å²) in [6.07, 6.45) is 5.66. The van der Waals surface area contributed by atoms with Gasteiger partial charge in [-0.1, -0.05) is 6.07 Å². The molecule has 0 saturated heterocycles. The molecule has 0 bridgehead atoms. The van der Waals surface area contributed by atoms with Crippen molar-refractivity contribution in [3.8, 4) is 11.5 Å². The van der Waals surface area contributed by atoms with Crippen molar-refractivity contribution in [1.29, 1.82) is 0 Å². The lowest BCUT2D eigenvalue weighted by molar-refractivity contribution is -0.121. The summed E-state index contributed by atoms with van der Waals surface area (Å²) in [7, 11) is 5.27. The average Bonchev–Trinajstić information content (AvgIpc) is 3.00. The molecule has 0 aliphatic heterocycles. The Kier molecular flexibility index (Phi) is 5.81. The summed E-state index contributed by atoms with van der Waals surface area (Å²) >= 11 is 0. The second-order valence-electron chi connectivity index (χ2n) is 6.65. The third-order valence-corrected chi connectivity index (χ3v) is 5.00. The maximum atomic E-state index is 12.2. The molecule has 0 saturated carbocycles. The highest BCUT2D eigenvalue weighted by Gasteiger charge is 2.18. The molecule has 1 heterocycles. The van der Waals surface area contributed by atoms with Gasteiger partial charge in [0.05, 0.1) is 26.5 Å². The number of methoxy groups -OCH3 is 2. The molecular weight excluding hydrogens is 330 g/mol. The van der Waals surface area contributed by atoms with Crippen LogP contribution in [0, 0.1) is 0 Å². The van der Waals surface area contributed by atoms with Gasteiger partial charge in [-0.15, -0.1) is 0 Å². The zero-order valence-corrected chi connectivity index (χ0v) is 15.8. The van der Waals surface area contributed by atoms with Crippen LogP contribution in [-0.2, 0) is 37.6 Å². The number of aromatic nitrogens is 2. The van der Waals surface area contributed by atoms with E-state index in [2.05, 4.69) is 9.88 Å². The van der Waals surface area contributed by atoms with Crippen LogP contribution in [0.1, 0.15) is 42.0 Å². The maximum Gasteiger partial charge on any atom is 0.220 e. The molecule has 26 heavy (non-hydrogen) atoms. The summed E-state index contributed by atoms with van der Waals surface area (Å²) in [6, 6.07) is 5.74. The minimum atomic E-state index is 0.0285. The molecule has 6 nitrogen and oxygen atoms in total. The fourth-order valence-electron chi connectivity index (χ4n) is 3.46. The van der Waals surface area contributed by atoms with E-state index in [0.29, 0.717) is 30.9 Å². The molecule has 1 aromatic carbocycles. The number of fused-ring (bicyclic) bond motifs is 1. The van der Waals surface area contributed by atoms with Gasteiger partial charge in [-0.05, 0) is 49.8 Å². The molecule has 1 aliphatic carbocycles. The number of carbonyl (C=O) groups excluding carboxylic acids is 1. The molecule has 1 aliphatic rings. The second-order valence-corrected chi connectivity index (χ2v) is 6.65. The smallest absolute Gasteiger partial charge is 0.220 e. The van der Waals surface area contributed by atoms with Gasteiger partial charge in [-0.2, -0.15) is 0 Å². The van der Waals surface area contributed by atoms with Gasteiger partial charge >= 0.3 is 0 Å². The van der Waals surface area contributed by atoms with Gasteiger partial charge < -0.3 is 19.4 Å². The maximum absolute atomic E-state index is 12.2. The van der Waals surface area contributed by atoms with E-state index in [0.717, 1.165) is 24.2 Å². The standard InChI is InChI=1S/C20H27N3O3/c1-23-16-7-5-4-6-15(16)22-19(23)13-21-20(24)11-9-14-8-10-17(25-2)18(12-14)26-3/h8,10,12H,4-7,9,11,13H2,1-3H3,(H,21,24). The highest BCUT2D eigenvalue weighted by Crippen LogP contribution is 2.28. The van der Waals surface area contributed by atoms with Gasteiger partial charge in [0.25, 0.3) is 0 Å². The number of carbonyl (C=O) groups is 1. The van der Waals surface area contributed by atoms with Gasteiger partial charge in [0.1, 0.15) is 5.82 Å². The Hall–Kier alpha value is -2.50. The third kappa shape index (κ3) is 4.00. The van der Waals surface area contributed by atoms with Crippen LogP contribution < -0.4 is 14.8 Å². The molecule has 0 fully saturated rings. The Balaban J connectivity index is 1.53. The predicted molar refractivity (Wildman–Crippen MR) is 99.6 cm³/mol. The van der Waals surface area contributed by atoms with E-state index in [1.165, 1.54) is 24.2 Å². The van der Waals surface area contributed by atoms with Gasteiger partial charge in [-0.25, -0.2) is 4.98 Å². The van der Waals surface area contributed by atoms with Gasteiger partial charge in [0, 0.05) is 19.2 Å². The van der Waals surface area contributed by atoms with E-state index in [1.807, 2.05) is 25.2 Å². The number of amides is 1. The number of benzene rings is 1. The average molecular weight is 357 g/mol. The first-order valence-electron chi connectivity index (χ1n) is 9.13. The summed E-state index contributed by atoms with van der Waals surface area (Å²) in [4.78, 5) is 16.9. The largest absolute Gasteiger partial charge is 0.493 e. The summed E-state index contributed by atoms with van der Waals surface area (Å²) in [6.45, 7) is 0.480. The molecule has 2 aromatic rings. The van der Waals surface area contributed by atoms with Crippen molar-refractivity contribution in [3.05, 3.63) is 41.0 Å². The quantitative estimate of drug-likeness (QED) is 0.827. The Labute approximate surface area is 154 Å². The van der Waals surface area contributed by atoms with E-state index in [9.17, 15) is 4.79 Å².